The Balaban J connectivity index is 1.53. The summed E-state index contributed by atoms with van der Waals surface area (Å²) < 4.78 is 73.7. The Bertz CT molecular complexity index is 1510. The van der Waals surface area contributed by atoms with Gasteiger partial charge in [-0.1, -0.05) is 0 Å². The van der Waals surface area contributed by atoms with Crippen LogP contribution in [-0.2, 0) is 46.5 Å². The van der Waals surface area contributed by atoms with Crippen molar-refractivity contribution in [2.24, 2.45) is 0 Å². The average Bonchev–Trinajstić information content (AvgIpc) is 3.01. The first-order valence-electron chi connectivity index (χ1n) is 14.0. The van der Waals surface area contributed by atoms with E-state index in [9.17, 15) is 25.9 Å². The van der Waals surface area contributed by atoms with Crippen molar-refractivity contribution in [3.8, 4) is 0 Å². The van der Waals surface area contributed by atoms with E-state index >= 15 is 0 Å². The Kier molecular flexibility index (Phi) is 13.2. The van der Waals surface area contributed by atoms with Gasteiger partial charge in [0.15, 0.2) is 0 Å². The van der Waals surface area contributed by atoms with Crippen LogP contribution in [0.1, 0.15) is 22.3 Å². The molecule has 0 aliphatic heterocycles. The molecule has 0 heterocycles. The van der Waals surface area contributed by atoms with E-state index in [-0.39, 0.29) is 39.4 Å². The number of hydrogen-bond acceptors (Lipinski definition) is 4. The summed E-state index contributed by atoms with van der Waals surface area (Å²) in [4.78, 5) is 0. The predicted molar refractivity (Wildman–Crippen MR) is 176 cm³/mol. The topological polar surface area (TPSA) is 115 Å². The van der Waals surface area contributed by atoms with Crippen molar-refractivity contribution in [1.29, 1.82) is 0 Å². The summed E-state index contributed by atoms with van der Waals surface area (Å²) in [5.41, 5.74) is 3.47. The number of hydrogen-bond donors (Lipinski definition) is 2. The van der Waals surface area contributed by atoms with Crippen molar-refractivity contribution in [2.75, 3.05) is 0 Å². The van der Waals surface area contributed by atoms with Crippen LogP contribution in [0.2, 0.25) is 10.6 Å². The van der Waals surface area contributed by atoms with E-state index in [2.05, 4.69) is 0 Å². The maximum absolute atomic E-state index is 12.7. The first-order chi connectivity index (χ1) is 21.1. The Morgan fingerprint density at radius 2 is 0.750 bits per heavy atom. The molecule has 234 valence electrons. The van der Waals surface area contributed by atoms with Crippen molar-refractivity contribution in [2.45, 2.75) is 48.7 Å². The van der Waals surface area contributed by atoms with Crippen LogP contribution in [0, 0.1) is 0 Å². The molecule has 4 aromatic rings. The number of benzene rings is 4. The predicted octanol–water partition coefficient (Wildman–Crippen LogP) is 4.98. The molecule has 0 fully saturated rings. The van der Waals surface area contributed by atoms with Crippen LogP contribution in [0.25, 0.3) is 0 Å². The zero-order chi connectivity index (χ0) is 31.4. The summed E-state index contributed by atoms with van der Waals surface area (Å²) in [6.07, 6.45) is 0.869. The van der Waals surface area contributed by atoms with Crippen LogP contribution in [-0.4, -0.2) is 72.9 Å². The van der Waals surface area contributed by atoms with Gasteiger partial charge in [0.05, 0.1) is 0 Å². The molecule has 0 amide bonds. The van der Waals surface area contributed by atoms with Gasteiger partial charge < -0.3 is 0 Å². The van der Waals surface area contributed by atoms with E-state index in [4.69, 9.17) is 0 Å². The quantitative estimate of drug-likeness (QED) is 0.0891. The molecule has 2 N–H and O–H groups in total. The van der Waals surface area contributed by atoms with Gasteiger partial charge in [-0.05, 0) is 0 Å². The maximum atomic E-state index is 12.7. The molecule has 0 saturated carbocycles. The monoisotopic (exact) mass is 768 g/mol. The average molecular weight is 767 g/mol. The van der Waals surface area contributed by atoms with Crippen molar-refractivity contribution in [3.05, 3.63) is 144 Å². The Labute approximate surface area is 272 Å². The summed E-state index contributed by atoms with van der Waals surface area (Å²) in [5.74, 6) is 0. The molecule has 44 heavy (non-hydrogen) atoms. The molecule has 0 spiro atoms. The van der Waals surface area contributed by atoms with Crippen molar-refractivity contribution in [3.63, 3.8) is 0 Å². The van der Waals surface area contributed by atoms with Gasteiger partial charge in [-0.2, -0.15) is 0 Å². The van der Waals surface area contributed by atoms with Crippen LogP contribution in [0.5, 0.6) is 0 Å². The van der Waals surface area contributed by atoms with Gasteiger partial charge in [-0.3, -0.25) is 0 Å². The third kappa shape index (κ3) is 11.2. The summed E-state index contributed by atoms with van der Waals surface area (Å²) in [6.45, 7) is 0.0923. The molecule has 0 bridgehead atoms. The van der Waals surface area contributed by atoms with Crippen LogP contribution < -0.4 is 0 Å². The van der Waals surface area contributed by atoms with Crippen LogP contribution in [0.15, 0.2) is 121 Å². The van der Waals surface area contributed by atoms with Crippen LogP contribution in [0.3, 0.4) is 0 Å². The summed E-state index contributed by atoms with van der Waals surface area (Å²) >= 11 is -0.0860. The molecule has 0 aromatic heterocycles. The number of nitrogens with zero attached hydrogens (tertiary/aromatic N) is 2. The van der Waals surface area contributed by atoms with Gasteiger partial charge >= 0.3 is 274 Å². The minimum atomic E-state index is -4.51. The third-order valence-electron chi connectivity index (χ3n) is 7.00. The Hall–Kier alpha value is -2.34. The first kappa shape index (κ1) is 34.5. The van der Waals surface area contributed by atoms with Gasteiger partial charge in [0, 0.05) is 0 Å². The van der Waals surface area contributed by atoms with Gasteiger partial charge in [0.1, 0.15) is 0 Å². The van der Waals surface area contributed by atoms with E-state index in [1.165, 1.54) is 8.61 Å². The Morgan fingerprint density at radius 1 is 0.477 bits per heavy atom. The molecule has 0 aliphatic rings. The molecule has 12 heteroatoms. The van der Waals surface area contributed by atoms with E-state index in [1.54, 1.807) is 0 Å². The second kappa shape index (κ2) is 16.8. The molecule has 0 aliphatic carbocycles. The van der Waals surface area contributed by atoms with Crippen molar-refractivity contribution >= 4 is 46.9 Å². The van der Waals surface area contributed by atoms with Gasteiger partial charge in [0.25, 0.3) is 0 Å². The summed E-state index contributed by atoms with van der Waals surface area (Å²) in [6, 6.07) is 36.6. The fraction of sp³-hybridized carbons (Fsp3) is 0.250. The fourth-order valence-corrected chi connectivity index (χ4v) is 14.8. The third-order valence-corrected chi connectivity index (χ3v) is 16.4. The standard InChI is InChI=1S/C32H36N2O6S2Se2/c35-41(36,37)33(23-29-17-9-3-10-18-29)31(21-27-13-5-1-6-14-27)25-43-44-26-32(22-28-15-7-2-8-16-28)34(42(38,39)40)24-30-19-11-4-12-20-30/h1-20,31-32H,21-26H2,(H,35,36,37)(H,38,39,40)/t31-,32-/m0/s1. The molecule has 2 atom stereocenters. The molecule has 0 radical (unpaired) electrons. The van der Waals surface area contributed by atoms with Crippen molar-refractivity contribution < 1.29 is 25.9 Å². The molecule has 4 aromatic carbocycles. The molecule has 0 saturated heterocycles. The van der Waals surface area contributed by atoms with Crippen molar-refractivity contribution in [1.82, 2.24) is 8.61 Å². The number of rotatable bonds is 17. The van der Waals surface area contributed by atoms with Crippen LogP contribution >= 0.6 is 0 Å². The molecular weight excluding hydrogens is 730 g/mol. The van der Waals surface area contributed by atoms with Gasteiger partial charge in [0.2, 0.25) is 0 Å². The van der Waals surface area contributed by atoms with E-state index in [0.29, 0.717) is 23.5 Å². The minimum absolute atomic E-state index is 0.0430. The zero-order valence-electron chi connectivity index (χ0n) is 24.0. The molecular formula is C32H36N2O6S2Se2. The second-order valence-corrected chi connectivity index (χ2v) is 20.5. The van der Waals surface area contributed by atoms with Gasteiger partial charge in [-0.15, -0.1) is 0 Å². The zero-order valence-corrected chi connectivity index (χ0v) is 29.1. The van der Waals surface area contributed by atoms with E-state index in [1.807, 2.05) is 121 Å². The first-order valence-corrected chi connectivity index (χ1v) is 23.5. The summed E-state index contributed by atoms with van der Waals surface area (Å²) in [5, 5.41) is 1.08. The van der Waals surface area contributed by atoms with Gasteiger partial charge in [-0.25, -0.2) is 0 Å². The molecule has 4 rings (SSSR count). The molecule has 8 nitrogen and oxygen atoms in total. The second-order valence-electron chi connectivity index (χ2n) is 10.3. The molecule has 0 unspecified atom stereocenters. The van der Waals surface area contributed by atoms with E-state index < -0.39 is 32.7 Å². The van der Waals surface area contributed by atoms with Crippen LogP contribution in [0.4, 0.5) is 0 Å². The SMILES string of the molecule is O=S(=O)(O)N(Cc1ccccc1)[C@H](C[Se][Se]C[C@H](Cc1ccccc1)N(Cc1ccccc1)S(=O)(=O)O)Cc1ccccc1. The fourth-order valence-electron chi connectivity index (χ4n) is 4.84. The normalized spacial score (nSPS) is 13.6. The summed E-state index contributed by atoms with van der Waals surface area (Å²) in [7, 11) is -9.03. The Morgan fingerprint density at radius 3 is 1.02 bits per heavy atom. The van der Waals surface area contributed by atoms with E-state index in [0.717, 1.165) is 22.3 Å².